The molecule has 0 aromatic heterocycles. The van der Waals surface area contributed by atoms with E-state index in [0.29, 0.717) is 13.2 Å². The minimum absolute atomic E-state index is 0.143. The fourth-order valence-electron chi connectivity index (χ4n) is 1.69. The summed E-state index contributed by atoms with van der Waals surface area (Å²) < 4.78 is 18.6. The van der Waals surface area contributed by atoms with Crippen molar-refractivity contribution in [1.82, 2.24) is 0 Å². The third kappa shape index (κ3) is 3.86. The third-order valence-corrected chi connectivity index (χ3v) is 2.95. The molecule has 0 radical (unpaired) electrons. The summed E-state index contributed by atoms with van der Waals surface area (Å²) in [5.41, 5.74) is 1.80. The third-order valence-electron chi connectivity index (χ3n) is 2.65. The Labute approximate surface area is 117 Å². The number of ether oxygens (including phenoxy) is 1. The first kappa shape index (κ1) is 13.7. The fraction of sp³-hybridized carbons (Fsp3) is 0.200. The maximum atomic E-state index is 13.3. The Morgan fingerprint density at radius 1 is 1.16 bits per heavy atom. The standard InChI is InChI=1S/C15H15ClFNO/c1-2-19-13-6-4-12(5-7-13)18-10-11-3-8-14(16)15(17)9-11/h3-9,18H,2,10H2,1H3. The molecule has 0 fully saturated rings. The van der Waals surface area contributed by atoms with Crippen LogP contribution in [-0.4, -0.2) is 6.61 Å². The molecule has 0 unspecified atom stereocenters. The van der Waals surface area contributed by atoms with E-state index >= 15 is 0 Å². The van der Waals surface area contributed by atoms with E-state index in [9.17, 15) is 4.39 Å². The lowest BCUT2D eigenvalue weighted by atomic mass is 10.2. The minimum atomic E-state index is -0.396. The van der Waals surface area contributed by atoms with Crippen molar-refractivity contribution in [2.75, 3.05) is 11.9 Å². The van der Waals surface area contributed by atoms with E-state index in [1.807, 2.05) is 31.2 Å². The first-order chi connectivity index (χ1) is 9.19. The molecule has 0 saturated heterocycles. The molecule has 0 spiro atoms. The molecule has 19 heavy (non-hydrogen) atoms. The highest BCUT2D eigenvalue weighted by atomic mass is 35.5. The molecule has 0 aliphatic heterocycles. The molecule has 100 valence electrons. The maximum Gasteiger partial charge on any atom is 0.142 e. The molecule has 4 heteroatoms. The number of benzene rings is 2. The van der Waals surface area contributed by atoms with E-state index in [2.05, 4.69) is 5.32 Å². The zero-order valence-electron chi connectivity index (χ0n) is 10.6. The van der Waals surface area contributed by atoms with Crippen LogP contribution in [0, 0.1) is 5.82 Å². The van der Waals surface area contributed by atoms with Gasteiger partial charge < -0.3 is 10.1 Å². The van der Waals surface area contributed by atoms with Gasteiger partial charge in [0, 0.05) is 12.2 Å². The molecule has 2 aromatic carbocycles. The van der Waals surface area contributed by atoms with Gasteiger partial charge in [-0.05, 0) is 48.9 Å². The predicted molar refractivity (Wildman–Crippen MR) is 76.3 cm³/mol. The van der Waals surface area contributed by atoms with E-state index in [1.165, 1.54) is 6.07 Å². The molecule has 2 nitrogen and oxygen atoms in total. The lowest BCUT2D eigenvalue weighted by Crippen LogP contribution is -2.00. The van der Waals surface area contributed by atoms with Gasteiger partial charge in [-0.15, -0.1) is 0 Å². The van der Waals surface area contributed by atoms with Gasteiger partial charge >= 0.3 is 0 Å². The number of halogens is 2. The van der Waals surface area contributed by atoms with Crippen molar-refractivity contribution in [3.8, 4) is 5.75 Å². The highest BCUT2D eigenvalue weighted by Crippen LogP contribution is 2.18. The van der Waals surface area contributed by atoms with Gasteiger partial charge in [0.2, 0.25) is 0 Å². The van der Waals surface area contributed by atoms with Gasteiger partial charge in [-0.3, -0.25) is 0 Å². The number of rotatable bonds is 5. The van der Waals surface area contributed by atoms with Crippen LogP contribution >= 0.6 is 11.6 Å². The second kappa shape index (κ2) is 6.43. The molecule has 1 N–H and O–H groups in total. The van der Waals surface area contributed by atoms with E-state index in [4.69, 9.17) is 16.3 Å². The Balaban J connectivity index is 1.96. The Morgan fingerprint density at radius 2 is 1.89 bits per heavy atom. The largest absolute Gasteiger partial charge is 0.494 e. The van der Waals surface area contributed by atoms with Gasteiger partial charge in [-0.2, -0.15) is 0 Å². The average Bonchev–Trinajstić information content (AvgIpc) is 2.42. The van der Waals surface area contributed by atoms with Crippen molar-refractivity contribution in [2.24, 2.45) is 0 Å². The van der Waals surface area contributed by atoms with Gasteiger partial charge in [0.15, 0.2) is 0 Å². The summed E-state index contributed by atoms with van der Waals surface area (Å²) >= 11 is 5.64. The Kier molecular flexibility index (Phi) is 4.63. The Bertz CT molecular complexity index is 542. The summed E-state index contributed by atoms with van der Waals surface area (Å²) in [6.45, 7) is 3.14. The lowest BCUT2D eigenvalue weighted by molar-refractivity contribution is 0.340. The van der Waals surface area contributed by atoms with Gasteiger partial charge in [0.25, 0.3) is 0 Å². The first-order valence-corrected chi connectivity index (χ1v) is 6.47. The Morgan fingerprint density at radius 3 is 2.53 bits per heavy atom. The van der Waals surface area contributed by atoms with E-state index in [0.717, 1.165) is 17.0 Å². The van der Waals surface area contributed by atoms with Crippen LogP contribution in [0.25, 0.3) is 0 Å². The topological polar surface area (TPSA) is 21.3 Å². The van der Waals surface area contributed by atoms with Crippen molar-refractivity contribution in [1.29, 1.82) is 0 Å². The van der Waals surface area contributed by atoms with Gasteiger partial charge in [0.05, 0.1) is 11.6 Å². The maximum absolute atomic E-state index is 13.3. The van der Waals surface area contributed by atoms with Crippen LogP contribution < -0.4 is 10.1 Å². The first-order valence-electron chi connectivity index (χ1n) is 6.09. The van der Waals surface area contributed by atoms with Crippen LogP contribution in [0.15, 0.2) is 42.5 Å². The molecule has 0 heterocycles. The average molecular weight is 280 g/mol. The highest BCUT2D eigenvalue weighted by molar-refractivity contribution is 6.30. The summed E-state index contributed by atoms with van der Waals surface area (Å²) in [6, 6.07) is 12.4. The molecular weight excluding hydrogens is 265 g/mol. The lowest BCUT2D eigenvalue weighted by Gasteiger charge is -2.08. The molecule has 0 saturated carbocycles. The normalized spacial score (nSPS) is 10.3. The van der Waals surface area contributed by atoms with Crippen LogP contribution in [0.5, 0.6) is 5.75 Å². The van der Waals surface area contributed by atoms with Crippen LogP contribution in [0.2, 0.25) is 5.02 Å². The molecule has 0 amide bonds. The zero-order valence-corrected chi connectivity index (χ0v) is 11.4. The van der Waals surface area contributed by atoms with E-state index < -0.39 is 5.82 Å². The molecule has 2 rings (SSSR count). The summed E-state index contributed by atoms with van der Waals surface area (Å²) in [5, 5.41) is 3.35. The SMILES string of the molecule is CCOc1ccc(NCc2ccc(Cl)c(F)c2)cc1. The van der Waals surface area contributed by atoms with Crippen LogP contribution in [0.3, 0.4) is 0 Å². The van der Waals surface area contributed by atoms with Crippen molar-refractivity contribution in [3.05, 3.63) is 58.9 Å². The van der Waals surface area contributed by atoms with Gasteiger partial charge in [0.1, 0.15) is 11.6 Å². The van der Waals surface area contributed by atoms with Crippen LogP contribution in [-0.2, 0) is 6.54 Å². The monoisotopic (exact) mass is 279 g/mol. The smallest absolute Gasteiger partial charge is 0.142 e. The number of hydrogen-bond donors (Lipinski definition) is 1. The minimum Gasteiger partial charge on any atom is -0.494 e. The zero-order chi connectivity index (χ0) is 13.7. The number of anilines is 1. The van der Waals surface area contributed by atoms with Gasteiger partial charge in [-0.25, -0.2) is 4.39 Å². The van der Waals surface area contributed by atoms with Crippen molar-refractivity contribution >= 4 is 17.3 Å². The fourth-order valence-corrected chi connectivity index (χ4v) is 1.81. The Hall–Kier alpha value is -1.74. The second-order valence-electron chi connectivity index (χ2n) is 4.06. The summed E-state index contributed by atoms with van der Waals surface area (Å²) in [4.78, 5) is 0. The van der Waals surface area contributed by atoms with Crippen molar-refractivity contribution in [3.63, 3.8) is 0 Å². The summed E-state index contributed by atoms with van der Waals surface area (Å²) in [5.74, 6) is 0.443. The molecule has 2 aromatic rings. The van der Waals surface area contributed by atoms with Crippen LogP contribution in [0.1, 0.15) is 12.5 Å². The summed E-state index contributed by atoms with van der Waals surface area (Å²) in [6.07, 6.45) is 0. The molecule has 0 atom stereocenters. The second-order valence-corrected chi connectivity index (χ2v) is 4.47. The van der Waals surface area contributed by atoms with E-state index in [1.54, 1.807) is 12.1 Å². The molecule has 0 aliphatic carbocycles. The number of nitrogens with one attached hydrogen (secondary N) is 1. The van der Waals surface area contributed by atoms with Crippen molar-refractivity contribution < 1.29 is 9.13 Å². The van der Waals surface area contributed by atoms with Crippen molar-refractivity contribution in [2.45, 2.75) is 13.5 Å². The molecule has 0 bridgehead atoms. The quantitative estimate of drug-likeness (QED) is 0.871. The number of hydrogen-bond acceptors (Lipinski definition) is 2. The van der Waals surface area contributed by atoms with Crippen LogP contribution in [0.4, 0.5) is 10.1 Å². The predicted octanol–water partition coefficient (Wildman–Crippen LogP) is 4.49. The molecular formula is C15H15ClFNO. The highest BCUT2D eigenvalue weighted by Gasteiger charge is 2.01. The van der Waals surface area contributed by atoms with E-state index in [-0.39, 0.29) is 5.02 Å². The summed E-state index contributed by atoms with van der Waals surface area (Å²) in [7, 11) is 0. The molecule has 0 aliphatic rings. The van der Waals surface area contributed by atoms with Gasteiger partial charge in [-0.1, -0.05) is 17.7 Å².